The first-order valence-corrected chi connectivity index (χ1v) is 7.75. The molecule has 2 aromatic rings. The van der Waals surface area contributed by atoms with Crippen molar-refractivity contribution in [1.82, 2.24) is 4.57 Å². The molecule has 2 heterocycles. The third kappa shape index (κ3) is 2.48. The number of thioether (sulfide) groups is 1. The van der Waals surface area contributed by atoms with Crippen molar-refractivity contribution < 1.29 is 9.59 Å². The minimum absolute atomic E-state index is 0.252. The normalized spacial score (nSPS) is 16.9. The summed E-state index contributed by atoms with van der Waals surface area (Å²) in [5, 5.41) is -0.252. The van der Waals surface area contributed by atoms with E-state index >= 15 is 0 Å². The van der Waals surface area contributed by atoms with Gasteiger partial charge in [-0.2, -0.15) is 0 Å². The molecule has 5 heteroatoms. The summed E-state index contributed by atoms with van der Waals surface area (Å²) in [5.74, 6) is -0.261. The molecule has 1 fully saturated rings. The number of carbonyl (C=O) groups is 2. The summed E-state index contributed by atoms with van der Waals surface area (Å²) in [6, 6.07) is 9.52. The Hall–Kier alpha value is -2.27. The molecular weight excluding hydrogens is 296 g/mol. The fourth-order valence-electron chi connectivity index (χ4n) is 2.49. The molecule has 1 aliphatic heterocycles. The predicted octanol–water partition coefficient (Wildman–Crippen LogP) is 3.88. The summed E-state index contributed by atoms with van der Waals surface area (Å²) in [4.78, 5) is 26.6. The number of nitrogens with zero attached hydrogens (tertiary/aromatic N) is 2. The van der Waals surface area contributed by atoms with Gasteiger partial charge < -0.3 is 4.57 Å². The molecule has 0 bridgehead atoms. The van der Waals surface area contributed by atoms with Gasteiger partial charge in [0.1, 0.15) is 0 Å². The number of imide groups is 1. The molecule has 0 N–H and O–H groups in total. The van der Waals surface area contributed by atoms with E-state index in [1.54, 1.807) is 6.08 Å². The number of amides is 2. The fraction of sp³-hybridized carbons (Fsp3) is 0.176. The monoisotopic (exact) mass is 312 g/mol. The van der Waals surface area contributed by atoms with Gasteiger partial charge in [0.05, 0.1) is 10.6 Å². The molecule has 1 saturated heterocycles. The van der Waals surface area contributed by atoms with Crippen LogP contribution in [0.15, 0.2) is 41.4 Å². The Balaban J connectivity index is 1.98. The quantitative estimate of drug-likeness (QED) is 0.790. The molecule has 0 saturated carbocycles. The van der Waals surface area contributed by atoms with Crippen molar-refractivity contribution in [1.29, 1.82) is 0 Å². The van der Waals surface area contributed by atoms with Gasteiger partial charge in [-0.25, -0.2) is 4.90 Å². The van der Waals surface area contributed by atoms with Gasteiger partial charge in [-0.15, -0.1) is 0 Å². The van der Waals surface area contributed by atoms with Gasteiger partial charge >= 0.3 is 0 Å². The first kappa shape index (κ1) is 14.7. The molecule has 2 amide bonds. The van der Waals surface area contributed by atoms with Crippen LogP contribution < -0.4 is 4.90 Å². The second-order valence-corrected chi connectivity index (χ2v) is 6.34. The summed E-state index contributed by atoms with van der Waals surface area (Å²) in [5.41, 5.74) is 3.57. The summed E-state index contributed by atoms with van der Waals surface area (Å²) >= 11 is 0.982. The predicted molar refractivity (Wildman–Crippen MR) is 89.8 cm³/mol. The lowest BCUT2D eigenvalue weighted by atomic mass is 10.1. The van der Waals surface area contributed by atoms with Crippen LogP contribution in [0.1, 0.15) is 16.8 Å². The molecule has 1 aromatic carbocycles. The molecule has 0 radical (unpaired) electrons. The Morgan fingerprint density at radius 2 is 1.91 bits per heavy atom. The van der Waals surface area contributed by atoms with Crippen LogP contribution in [0.5, 0.6) is 0 Å². The van der Waals surface area contributed by atoms with Crippen molar-refractivity contribution in [2.24, 2.45) is 7.05 Å². The fourth-order valence-corrected chi connectivity index (χ4v) is 3.31. The molecule has 0 atom stereocenters. The highest BCUT2D eigenvalue weighted by Crippen LogP contribution is 2.37. The van der Waals surface area contributed by atoms with E-state index in [-0.39, 0.29) is 11.1 Å². The third-order valence-corrected chi connectivity index (χ3v) is 4.52. The molecule has 4 nitrogen and oxygen atoms in total. The van der Waals surface area contributed by atoms with E-state index in [4.69, 9.17) is 0 Å². The highest BCUT2D eigenvalue weighted by atomic mass is 32.2. The lowest BCUT2D eigenvalue weighted by Gasteiger charge is -2.15. The molecule has 1 aliphatic rings. The Bertz CT molecular complexity index is 805. The van der Waals surface area contributed by atoms with E-state index in [9.17, 15) is 9.59 Å². The van der Waals surface area contributed by atoms with E-state index in [2.05, 4.69) is 0 Å². The second-order valence-electron chi connectivity index (χ2n) is 5.35. The lowest BCUT2D eigenvalue weighted by molar-refractivity contribution is -0.113. The zero-order chi connectivity index (χ0) is 15.9. The Kier molecular flexibility index (Phi) is 3.66. The van der Waals surface area contributed by atoms with Crippen LogP contribution in [0.25, 0.3) is 6.08 Å². The topological polar surface area (TPSA) is 42.3 Å². The third-order valence-electron chi connectivity index (χ3n) is 3.65. The maximum atomic E-state index is 12.6. The summed E-state index contributed by atoms with van der Waals surface area (Å²) < 4.78 is 1.91. The van der Waals surface area contributed by atoms with Crippen LogP contribution in [0.2, 0.25) is 0 Å². The maximum absolute atomic E-state index is 12.6. The maximum Gasteiger partial charge on any atom is 0.298 e. The van der Waals surface area contributed by atoms with Crippen LogP contribution in [-0.2, 0) is 11.8 Å². The molecule has 0 unspecified atom stereocenters. The highest BCUT2D eigenvalue weighted by Gasteiger charge is 2.37. The number of hydrogen-bond acceptors (Lipinski definition) is 3. The van der Waals surface area contributed by atoms with Crippen molar-refractivity contribution >= 4 is 34.7 Å². The van der Waals surface area contributed by atoms with Gasteiger partial charge in [-0.3, -0.25) is 9.59 Å². The first-order chi connectivity index (χ1) is 10.5. The number of carbonyl (C=O) groups excluding carboxylic acids is 2. The Morgan fingerprint density at radius 1 is 1.14 bits per heavy atom. The van der Waals surface area contributed by atoms with Gasteiger partial charge in [0.25, 0.3) is 11.1 Å². The van der Waals surface area contributed by atoms with E-state index in [0.717, 1.165) is 28.6 Å². The molecule has 112 valence electrons. The number of benzene rings is 1. The zero-order valence-corrected chi connectivity index (χ0v) is 13.5. The van der Waals surface area contributed by atoms with Gasteiger partial charge in [-0.1, -0.05) is 17.7 Å². The number of aryl methyl sites for hydroxylation is 3. The van der Waals surface area contributed by atoms with E-state index in [1.165, 1.54) is 4.90 Å². The van der Waals surface area contributed by atoms with Crippen LogP contribution in [0.3, 0.4) is 0 Å². The number of rotatable bonds is 2. The summed E-state index contributed by atoms with van der Waals surface area (Å²) in [6.45, 7) is 3.90. The van der Waals surface area contributed by atoms with Gasteiger partial charge in [0.2, 0.25) is 0 Å². The zero-order valence-electron chi connectivity index (χ0n) is 12.7. The van der Waals surface area contributed by atoms with Crippen molar-refractivity contribution in [3.63, 3.8) is 0 Å². The smallest absolute Gasteiger partial charge is 0.298 e. The van der Waals surface area contributed by atoms with Gasteiger partial charge in [0.15, 0.2) is 0 Å². The number of anilines is 1. The molecule has 1 aromatic heterocycles. The molecule has 22 heavy (non-hydrogen) atoms. The number of aromatic nitrogens is 1. The molecule has 3 rings (SSSR count). The van der Waals surface area contributed by atoms with Gasteiger partial charge in [-0.05, 0) is 55.4 Å². The number of hydrogen-bond donors (Lipinski definition) is 0. The van der Waals surface area contributed by atoms with Crippen molar-refractivity contribution in [2.45, 2.75) is 13.8 Å². The van der Waals surface area contributed by atoms with Crippen LogP contribution in [-0.4, -0.2) is 15.7 Å². The lowest BCUT2D eigenvalue weighted by Crippen LogP contribution is -2.28. The van der Waals surface area contributed by atoms with Crippen molar-refractivity contribution in [3.8, 4) is 0 Å². The molecule has 0 aliphatic carbocycles. The SMILES string of the molecule is Cc1ccc(N2C(=O)S/C(=C/c3cccn3C)C2=O)c(C)c1. The Labute approximate surface area is 133 Å². The van der Waals surface area contributed by atoms with E-state index in [1.807, 2.05) is 62.0 Å². The first-order valence-electron chi connectivity index (χ1n) is 6.94. The van der Waals surface area contributed by atoms with Crippen LogP contribution in [0.4, 0.5) is 10.5 Å². The average molecular weight is 312 g/mol. The van der Waals surface area contributed by atoms with Crippen LogP contribution in [0, 0.1) is 13.8 Å². The second kappa shape index (κ2) is 5.50. The minimum atomic E-state index is -0.261. The van der Waals surface area contributed by atoms with Gasteiger partial charge in [0, 0.05) is 18.9 Å². The summed E-state index contributed by atoms with van der Waals surface area (Å²) in [7, 11) is 1.90. The largest absolute Gasteiger partial charge is 0.351 e. The minimum Gasteiger partial charge on any atom is -0.351 e. The standard InChI is InChI=1S/C17H16N2O2S/c1-11-6-7-14(12(2)9-11)19-16(20)15(22-17(19)21)10-13-5-4-8-18(13)3/h4-10H,1-3H3/b15-10+. The molecular formula is C17H16N2O2S. The van der Waals surface area contributed by atoms with E-state index in [0.29, 0.717) is 10.6 Å². The summed E-state index contributed by atoms with van der Waals surface area (Å²) in [6.07, 6.45) is 3.66. The van der Waals surface area contributed by atoms with Crippen molar-refractivity contribution in [3.05, 3.63) is 58.3 Å². The Morgan fingerprint density at radius 3 is 2.55 bits per heavy atom. The average Bonchev–Trinajstić information content (AvgIpc) is 2.97. The van der Waals surface area contributed by atoms with Crippen molar-refractivity contribution in [2.75, 3.05) is 4.90 Å². The van der Waals surface area contributed by atoms with E-state index < -0.39 is 0 Å². The highest BCUT2D eigenvalue weighted by molar-refractivity contribution is 8.19. The molecule has 0 spiro atoms. The van der Waals surface area contributed by atoms with Crippen LogP contribution >= 0.6 is 11.8 Å².